The Morgan fingerprint density at radius 3 is 2.40 bits per heavy atom. The highest BCUT2D eigenvalue weighted by Crippen LogP contribution is 2.50. The standard InChI is InChI=1S/C14H19NO4P/c1-15(19)13(17,14(18,20)11-7-8-11)12(16)9-10-5-3-2-4-6-10/h2-6,11,17-18H,7-9,20H2,1H3/q-1. The number of hydroxylamine groups is 2. The van der Waals surface area contributed by atoms with Gasteiger partial charge in [0.1, 0.15) is 5.34 Å². The Bertz CT molecular complexity index is 487. The van der Waals surface area contributed by atoms with Gasteiger partial charge in [-0.15, -0.1) is 0 Å². The lowest BCUT2D eigenvalue weighted by atomic mass is 9.92. The second kappa shape index (κ2) is 5.51. The number of rotatable bonds is 6. The predicted molar refractivity (Wildman–Crippen MR) is 78.6 cm³/mol. The third-order valence-corrected chi connectivity index (χ3v) is 4.68. The molecule has 0 amide bonds. The number of hydrogen-bond donors (Lipinski definition) is 2. The molecule has 0 heterocycles. The minimum Gasteiger partial charge on any atom is -0.783 e. The van der Waals surface area contributed by atoms with Gasteiger partial charge >= 0.3 is 0 Å². The number of nitrogens with zero attached hydrogens (tertiary/aromatic N) is 1. The Morgan fingerprint density at radius 1 is 1.40 bits per heavy atom. The molecule has 110 valence electrons. The predicted octanol–water partition coefficient (Wildman–Crippen LogP) is 0.890. The van der Waals surface area contributed by atoms with Crippen molar-refractivity contribution in [1.29, 1.82) is 0 Å². The molecule has 0 aliphatic heterocycles. The molecule has 1 aromatic carbocycles. The summed E-state index contributed by atoms with van der Waals surface area (Å²) in [6.45, 7) is 0. The maximum absolute atomic E-state index is 12.4. The van der Waals surface area contributed by atoms with Crippen molar-refractivity contribution in [3.63, 3.8) is 0 Å². The van der Waals surface area contributed by atoms with Crippen molar-refractivity contribution in [3.8, 4) is 0 Å². The lowest BCUT2D eigenvalue weighted by Gasteiger charge is -2.49. The molecule has 6 heteroatoms. The van der Waals surface area contributed by atoms with Crippen molar-refractivity contribution in [1.82, 2.24) is 5.06 Å². The fourth-order valence-electron chi connectivity index (χ4n) is 2.36. The molecular weight excluding hydrogens is 277 g/mol. The van der Waals surface area contributed by atoms with E-state index >= 15 is 0 Å². The number of benzene rings is 1. The van der Waals surface area contributed by atoms with Crippen molar-refractivity contribution in [2.45, 2.75) is 30.3 Å². The Hall–Kier alpha value is -0.840. The van der Waals surface area contributed by atoms with E-state index in [1.807, 2.05) is 6.07 Å². The molecule has 20 heavy (non-hydrogen) atoms. The van der Waals surface area contributed by atoms with Crippen molar-refractivity contribution in [2.24, 2.45) is 5.92 Å². The SMILES string of the molecule is CN([O-])C(O)(C(=O)Cc1ccccc1)C(O)(P)C1CC1. The van der Waals surface area contributed by atoms with E-state index in [1.165, 1.54) is 0 Å². The van der Waals surface area contributed by atoms with E-state index < -0.39 is 16.9 Å². The van der Waals surface area contributed by atoms with Gasteiger partial charge in [-0.05, 0) is 31.4 Å². The minimum absolute atomic E-state index is 0.104. The highest BCUT2D eigenvalue weighted by molar-refractivity contribution is 7.19. The lowest BCUT2D eigenvalue weighted by Crippen LogP contribution is -2.65. The lowest BCUT2D eigenvalue weighted by molar-refractivity contribution is -0.190. The molecule has 1 saturated carbocycles. The van der Waals surface area contributed by atoms with E-state index in [9.17, 15) is 20.2 Å². The summed E-state index contributed by atoms with van der Waals surface area (Å²) in [6, 6.07) is 8.84. The number of hydrogen-bond acceptors (Lipinski definition) is 5. The van der Waals surface area contributed by atoms with Gasteiger partial charge in [0, 0.05) is 6.42 Å². The van der Waals surface area contributed by atoms with E-state index in [0.29, 0.717) is 18.4 Å². The Labute approximate surface area is 120 Å². The number of carbonyl (C=O) groups excluding carboxylic acids is 1. The van der Waals surface area contributed by atoms with Crippen LogP contribution >= 0.6 is 9.24 Å². The molecule has 2 rings (SSSR count). The van der Waals surface area contributed by atoms with Crippen LogP contribution in [0.4, 0.5) is 0 Å². The zero-order chi connectivity index (χ0) is 15.0. The van der Waals surface area contributed by atoms with Crippen molar-refractivity contribution >= 4 is 15.0 Å². The first kappa shape index (κ1) is 15.5. The zero-order valence-corrected chi connectivity index (χ0v) is 12.5. The molecule has 0 radical (unpaired) electrons. The highest BCUT2D eigenvalue weighted by atomic mass is 31.0. The number of Topliss-reactive ketones (excluding diaryl/α,β-unsaturated/α-hetero) is 1. The molecule has 1 aliphatic rings. The largest absolute Gasteiger partial charge is 0.783 e. The zero-order valence-electron chi connectivity index (χ0n) is 11.3. The van der Waals surface area contributed by atoms with Gasteiger partial charge in [-0.25, -0.2) is 0 Å². The first-order valence-corrected chi connectivity index (χ1v) is 7.09. The van der Waals surface area contributed by atoms with E-state index in [2.05, 4.69) is 9.24 Å². The second-order valence-electron chi connectivity index (χ2n) is 5.35. The highest BCUT2D eigenvalue weighted by Gasteiger charge is 2.58. The van der Waals surface area contributed by atoms with Crippen molar-refractivity contribution in [2.75, 3.05) is 7.05 Å². The molecule has 1 fully saturated rings. The maximum Gasteiger partial charge on any atom is 0.200 e. The molecule has 1 aromatic rings. The van der Waals surface area contributed by atoms with Crippen LogP contribution in [0.15, 0.2) is 30.3 Å². The number of ketones is 1. The quantitative estimate of drug-likeness (QED) is 0.463. The summed E-state index contributed by atoms with van der Waals surface area (Å²) >= 11 is 0. The second-order valence-corrected chi connectivity index (χ2v) is 6.24. The fraction of sp³-hybridized carbons (Fsp3) is 0.500. The molecule has 5 nitrogen and oxygen atoms in total. The van der Waals surface area contributed by atoms with Gasteiger partial charge in [0.15, 0.2) is 11.5 Å². The molecular formula is C14H19NO4P-. The normalized spacial score (nSPS) is 21.3. The van der Waals surface area contributed by atoms with Crippen LogP contribution in [0.5, 0.6) is 0 Å². The summed E-state index contributed by atoms with van der Waals surface area (Å²) in [5.41, 5.74) is -1.76. The molecule has 0 saturated heterocycles. The van der Waals surface area contributed by atoms with Crippen LogP contribution in [0.3, 0.4) is 0 Å². The van der Waals surface area contributed by atoms with Crippen LogP contribution in [0.2, 0.25) is 0 Å². The van der Waals surface area contributed by atoms with Gasteiger partial charge in [0.05, 0.1) is 0 Å². The summed E-state index contributed by atoms with van der Waals surface area (Å²) in [7, 11) is 3.14. The van der Waals surface area contributed by atoms with Crippen LogP contribution in [0.1, 0.15) is 18.4 Å². The number of aliphatic hydroxyl groups is 2. The van der Waals surface area contributed by atoms with Gasteiger partial charge in [-0.1, -0.05) is 39.6 Å². The average Bonchev–Trinajstić information content (AvgIpc) is 3.22. The van der Waals surface area contributed by atoms with E-state index in [1.54, 1.807) is 24.3 Å². The average molecular weight is 296 g/mol. The van der Waals surface area contributed by atoms with Crippen LogP contribution in [-0.4, -0.2) is 39.2 Å². The molecule has 0 aromatic heterocycles. The van der Waals surface area contributed by atoms with E-state index in [-0.39, 0.29) is 17.4 Å². The molecule has 1 aliphatic carbocycles. The summed E-state index contributed by atoms with van der Waals surface area (Å²) in [5, 5.41) is 31.1. The Balaban J connectivity index is 2.26. The first-order chi connectivity index (χ1) is 9.30. The van der Waals surface area contributed by atoms with Gasteiger partial charge in [0.2, 0.25) is 0 Å². The van der Waals surface area contributed by atoms with Crippen LogP contribution < -0.4 is 0 Å². The summed E-state index contributed by atoms with van der Waals surface area (Å²) in [5.74, 6) is -0.959. The Kier molecular flexibility index (Phi) is 4.28. The van der Waals surface area contributed by atoms with Gasteiger partial charge < -0.3 is 20.5 Å². The maximum atomic E-state index is 12.4. The topological polar surface area (TPSA) is 83.8 Å². The molecule has 3 atom stereocenters. The molecule has 0 spiro atoms. The third-order valence-electron chi connectivity index (χ3n) is 3.81. The van der Waals surface area contributed by atoms with Gasteiger partial charge in [-0.2, -0.15) is 0 Å². The molecule has 3 unspecified atom stereocenters. The Morgan fingerprint density at radius 2 is 1.95 bits per heavy atom. The summed E-state index contributed by atoms with van der Waals surface area (Å²) in [6.07, 6.45) is 1.27. The molecule has 0 bridgehead atoms. The van der Waals surface area contributed by atoms with E-state index in [4.69, 9.17) is 0 Å². The van der Waals surface area contributed by atoms with Crippen molar-refractivity contribution in [3.05, 3.63) is 41.1 Å². The first-order valence-electron chi connectivity index (χ1n) is 6.52. The number of carbonyl (C=O) groups is 1. The fourth-order valence-corrected chi connectivity index (χ4v) is 3.04. The smallest absolute Gasteiger partial charge is 0.200 e. The summed E-state index contributed by atoms with van der Waals surface area (Å²) in [4.78, 5) is 12.4. The van der Waals surface area contributed by atoms with Crippen molar-refractivity contribution < 1.29 is 15.0 Å². The van der Waals surface area contributed by atoms with Crippen LogP contribution in [-0.2, 0) is 11.2 Å². The summed E-state index contributed by atoms with van der Waals surface area (Å²) < 4.78 is 0. The number of likely N-dealkylation sites (N-methyl/N-ethyl adjacent to an activating group) is 1. The minimum atomic E-state index is -2.45. The van der Waals surface area contributed by atoms with E-state index in [0.717, 1.165) is 7.05 Å². The van der Waals surface area contributed by atoms with Gasteiger partial charge in [0.25, 0.3) is 0 Å². The van der Waals surface area contributed by atoms with Crippen LogP contribution in [0, 0.1) is 11.1 Å². The monoisotopic (exact) mass is 296 g/mol. The third kappa shape index (κ3) is 2.65. The molecule has 2 N–H and O–H groups in total. The van der Waals surface area contributed by atoms with Gasteiger partial charge in [-0.3, -0.25) is 4.79 Å². The van der Waals surface area contributed by atoms with Crippen LogP contribution in [0.25, 0.3) is 0 Å².